The molecule has 2 aromatic rings. The number of ether oxygens (including phenoxy) is 1. The lowest BCUT2D eigenvalue weighted by molar-refractivity contribution is -0.148. The first-order valence-corrected chi connectivity index (χ1v) is 7.47. The van der Waals surface area contributed by atoms with Crippen molar-refractivity contribution in [1.82, 2.24) is 14.9 Å². The minimum absolute atomic E-state index is 0.0965. The van der Waals surface area contributed by atoms with Gasteiger partial charge < -0.3 is 9.84 Å². The van der Waals surface area contributed by atoms with Gasteiger partial charge in [0.1, 0.15) is 6.04 Å². The van der Waals surface area contributed by atoms with E-state index in [2.05, 4.69) is 9.97 Å². The maximum atomic E-state index is 12.1. The second kappa shape index (κ2) is 8.97. The lowest BCUT2D eigenvalue weighted by atomic mass is 10.1. The summed E-state index contributed by atoms with van der Waals surface area (Å²) >= 11 is 0. The van der Waals surface area contributed by atoms with Crippen LogP contribution in [0.3, 0.4) is 0 Å². The highest BCUT2D eigenvalue weighted by Crippen LogP contribution is 2.14. The van der Waals surface area contributed by atoms with Gasteiger partial charge in [-0.05, 0) is 30.7 Å². The molecule has 0 radical (unpaired) electrons. The van der Waals surface area contributed by atoms with Gasteiger partial charge in [0.2, 0.25) is 0 Å². The quantitative estimate of drug-likeness (QED) is 0.742. The Bertz CT molecular complexity index is 551. The molecule has 0 amide bonds. The van der Waals surface area contributed by atoms with Crippen molar-refractivity contribution >= 4 is 5.97 Å². The topological polar surface area (TPSA) is 75.6 Å². The van der Waals surface area contributed by atoms with Crippen LogP contribution in [0.25, 0.3) is 0 Å². The number of aliphatic hydroxyl groups is 1. The van der Waals surface area contributed by atoms with Crippen LogP contribution < -0.4 is 0 Å². The monoisotopic (exact) mass is 315 g/mol. The van der Waals surface area contributed by atoms with E-state index in [1.54, 1.807) is 12.4 Å². The molecule has 1 atom stereocenters. The average molecular weight is 315 g/mol. The summed E-state index contributed by atoms with van der Waals surface area (Å²) in [5.41, 5.74) is 1.69. The zero-order valence-corrected chi connectivity index (χ0v) is 13.1. The molecule has 2 aromatic heterocycles. The molecule has 122 valence electrons. The fraction of sp³-hybridized carbons (Fsp3) is 0.353. The third-order valence-corrected chi connectivity index (χ3v) is 3.50. The van der Waals surface area contributed by atoms with Gasteiger partial charge in [-0.25, -0.2) is 0 Å². The highest BCUT2D eigenvalue weighted by molar-refractivity contribution is 5.75. The summed E-state index contributed by atoms with van der Waals surface area (Å²) in [5, 5.41) is 9.30. The standard InChI is InChI=1S/C17H21N3O3/c1-23-17(22)16(8-11-21)20(12-14-6-2-4-9-18-14)13-15-7-3-5-10-19-15/h2-7,9-10,16,21H,8,11-13H2,1H3/t16-/m0/s1. The number of rotatable bonds is 8. The summed E-state index contributed by atoms with van der Waals surface area (Å²) in [5.74, 6) is -0.370. The molecule has 2 rings (SSSR count). The Morgan fingerprint density at radius 3 is 2.09 bits per heavy atom. The van der Waals surface area contributed by atoms with Gasteiger partial charge >= 0.3 is 5.97 Å². The third-order valence-electron chi connectivity index (χ3n) is 3.50. The van der Waals surface area contributed by atoms with Gasteiger partial charge in [0, 0.05) is 32.1 Å². The largest absolute Gasteiger partial charge is 0.468 e. The SMILES string of the molecule is COC(=O)[C@H](CCO)N(Cc1ccccn1)Cc1ccccn1. The molecule has 0 fully saturated rings. The lowest BCUT2D eigenvalue weighted by Gasteiger charge is -2.28. The molecule has 23 heavy (non-hydrogen) atoms. The number of pyridine rings is 2. The minimum Gasteiger partial charge on any atom is -0.468 e. The van der Waals surface area contributed by atoms with E-state index in [0.717, 1.165) is 11.4 Å². The van der Waals surface area contributed by atoms with Gasteiger partial charge in [0.15, 0.2) is 0 Å². The van der Waals surface area contributed by atoms with E-state index in [1.807, 2.05) is 41.3 Å². The minimum atomic E-state index is -0.547. The molecule has 0 saturated heterocycles. The van der Waals surface area contributed by atoms with Gasteiger partial charge in [-0.1, -0.05) is 12.1 Å². The summed E-state index contributed by atoms with van der Waals surface area (Å²) in [7, 11) is 1.35. The molecule has 6 nitrogen and oxygen atoms in total. The van der Waals surface area contributed by atoms with Crippen molar-refractivity contribution in [3.63, 3.8) is 0 Å². The molecular formula is C17H21N3O3. The van der Waals surface area contributed by atoms with Crippen molar-refractivity contribution in [2.75, 3.05) is 13.7 Å². The average Bonchev–Trinajstić information content (AvgIpc) is 2.60. The van der Waals surface area contributed by atoms with Crippen LogP contribution in [0, 0.1) is 0 Å². The number of aromatic nitrogens is 2. The molecule has 6 heteroatoms. The van der Waals surface area contributed by atoms with Crippen LogP contribution in [-0.4, -0.2) is 45.7 Å². The Labute approximate surface area is 135 Å². The van der Waals surface area contributed by atoms with Crippen molar-refractivity contribution < 1.29 is 14.6 Å². The lowest BCUT2D eigenvalue weighted by Crippen LogP contribution is -2.42. The fourth-order valence-corrected chi connectivity index (χ4v) is 2.38. The maximum absolute atomic E-state index is 12.1. The highest BCUT2D eigenvalue weighted by Gasteiger charge is 2.27. The Hall–Kier alpha value is -2.31. The van der Waals surface area contributed by atoms with Crippen LogP contribution in [0.2, 0.25) is 0 Å². The number of nitrogens with zero attached hydrogens (tertiary/aromatic N) is 3. The molecule has 0 aliphatic rings. The molecule has 0 saturated carbocycles. The Balaban J connectivity index is 2.23. The van der Waals surface area contributed by atoms with Crippen molar-refractivity contribution in [2.24, 2.45) is 0 Å². The van der Waals surface area contributed by atoms with E-state index < -0.39 is 6.04 Å². The van der Waals surface area contributed by atoms with Crippen LogP contribution in [0.5, 0.6) is 0 Å². The number of carbonyl (C=O) groups is 1. The number of hydrogen-bond donors (Lipinski definition) is 1. The van der Waals surface area contributed by atoms with Crippen LogP contribution in [0.15, 0.2) is 48.8 Å². The van der Waals surface area contributed by atoms with E-state index in [1.165, 1.54) is 7.11 Å². The van der Waals surface area contributed by atoms with E-state index in [9.17, 15) is 9.90 Å². The molecule has 1 N–H and O–H groups in total. The maximum Gasteiger partial charge on any atom is 0.323 e. The summed E-state index contributed by atoms with van der Waals surface area (Å²) in [4.78, 5) is 22.7. The summed E-state index contributed by atoms with van der Waals surface area (Å²) in [6.45, 7) is 0.842. The first-order chi connectivity index (χ1) is 11.2. The molecular weight excluding hydrogens is 294 g/mol. The third kappa shape index (κ3) is 5.12. The molecule has 0 aliphatic heterocycles. The number of esters is 1. The molecule has 2 heterocycles. The van der Waals surface area contributed by atoms with E-state index in [0.29, 0.717) is 19.5 Å². The Morgan fingerprint density at radius 2 is 1.70 bits per heavy atom. The normalized spacial score (nSPS) is 12.1. The summed E-state index contributed by atoms with van der Waals surface area (Å²) in [6.07, 6.45) is 3.73. The van der Waals surface area contributed by atoms with Gasteiger partial charge in [-0.3, -0.25) is 19.7 Å². The predicted octanol–water partition coefficient (Wildman–Crippen LogP) is 1.40. The molecule has 0 bridgehead atoms. The van der Waals surface area contributed by atoms with Gasteiger partial charge in [-0.2, -0.15) is 0 Å². The number of hydrogen-bond acceptors (Lipinski definition) is 6. The summed E-state index contributed by atoms with van der Waals surface area (Å²) < 4.78 is 4.89. The second-order valence-electron chi connectivity index (χ2n) is 5.10. The summed E-state index contributed by atoms with van der Waals surface area (Å²) in [6, 6.07) is 10.8. The number of methoxy groups -OCH3 is 1. The van der Waals surface area contributed by atoms with Crippen molar-refractivity contribution in [3.8, 4) is 0 Å². The van der Waals surface area contributed by atoms with Crippen LogP contribution >= 0.6 is 0 Å². The molecule has 0 spiro atoms. The van der Waals surface area contributed by atoms with E-state index in [-0.39, 0.29) is 12.6 Å². The molecule has 0 aliphatic carbocycles. The fourth-order valence-electron chi connectivity index (χ4n) is 2.38. The molecule has 0 unspecified atom stereocenters. The van der Waals surface area contributed by atoms with Crippen molar-refractivity contribution in [1.29, 1.82) is 0 Å². The first kappa shape index (κ1) is 17.1. The van der Waals surface area contributed by atoms with E-state index in [4.69, 9.17) is 4.74 Å². The zero-order valence-electron chi connectivity index (χ0n) is 13.1. The van der Waals surface area contributed by atoms with Gasteiger partial charge in [-0.15, -0.1) is 0 Å². The van der Waals surface area contributed by atoms with Crippen LogP contribution in [-0.2, 0) is 22.6 Å². The number of carbonyl (C=O) groups excluding carboxylic acids is 1. The second-order valence-corrected chi connectivity index (χ2v) is 5.10. The van der Waals surface area contributed by atoms with Crippen LogP contribution in [0.4, 0.5) is 0 Å². The zero-order chi connectivity index (χ0) is 16.5. The smallest absolute Gasteiger partial charge is 0.323 e. The van der Waals surface area contributed by atoms with Crippen molar-refractivity contribution in [2.45, 2.75) is 25.6 Å². The van der Waals surface area contributed by atoms with Gasteiger partial charge in [0.25, 0.3) is 0 Å². The highest BCUT2D eigenvalue weighted by atomic mass is 16.5. The number of aliphatic hydroxyl groups excluding tert-OH is 1. The van der Waals surface area contributed by atoms with E-state index >= 15 is 0 Å². The van der Waals surface area contributed by atoms with Crippen molar-refractivity contribution in [3.05, 3.63) is 60.2 Å². The predicted molar refractivity (Wildman–Crippen MR) is 85.2 cm³/mol. The van der Waals surface area contributed by atoms with Crippen LogP contribution in [0.1, 0.15) is 17.8 Å². The first-order valence-electron chi connectivity index (χ1n) is 7.47. The Kier molecular flexibility index (Phi) is 6.65. The van der Waals surface area contributed by atoms with Gasteiger partial charge in [0.05, 0.1) is 18.5 Å². The molecule has 0 aromatic carbocycles. The Morgan fingerprint density at radius 1 is 1.13 bits per heavy atom.